The van der Waals surface area contributed by atoms with E-state index in [0.29, 0.717) is 0 Å². The van der Waals surface area contributed by atoms with Crippen molar-refractivity contribution in [3.05, 3.63) is 40.0 Å². The lowest BCUT2D eigenvalue weighted by atomic mass is 9.97. The molecule has 0 aliphatic heterocycles. The van der Waals surface area contributed by atoms with Crippen LogP contribution in [0.2, 0.25) is 0 Å². The summed E-state index contributed by atoms with van der Waals surface area (Å²) in [6.45, 7) is 6.66. The molecule has 0 radical (unpaired) electrons. The van der Waals surface area contributed by atoms with Crippen molar-refractivity contribution in [2.24, 2.45) is 0 Å². The van der Waals surface area contributed by atoms with Gasteiger partial charge in [-0.05, 0) is 48.9 Å². The molecular formula is C13H16. The Balaban J connectivity index is 2.60. The van der Waals surface area contributed by atoms with Crippen molar-refractivity contribution >= 4 is 6.08 Å². The van der Waals surface area contributed by atoms with Crippen LogP contribution in [0.1, 0.15) is 36.1 Å². The Morgan fingerprint density at radius 1 is 1.23 bits per heavy atom. The van der Waals surface area contributed by atoms with Gasteiger partial charge in [0.25, 0.3) is 0 Å². The van der Waals surface area contributed by atoms with Gasteiger partial charge in [-0.3, -0.25) is 0 Å². The van der Waals surface area contributed by atoms with Crippen molar-refractivity contribution in [2.75, 3.05) is 0 Å². The molecule has 0 aromatic heterocycles. The second-order valence-corrected chi connectivity index (χ2v) is 3.95. The summed E-state index contributed by atoms with van der Waals surface area (Å²) in [5.41, 5.74) is 7.49. The summed E-state index contributed by atoms with van der Waals surface area (Å²) >= 11 is 0. The van der Waals surface area contributed by atoms with Gasteiger partial charge in [-0.25, -0.2) is 0 Å². The Kier molecular flexibility index (Phi) is 1.99. The van der Waals surface area contributed by atoms with E-state index >= 15 is 0 Å². The fourth-order valence-electron chi connectivity index (χ4n) is 2.14. The minimum Gasteiger partial charge on any atom is -0.0683 e. The highest BCUT2D eigenvalue weighted by Crippen LogP contribution is 2.30. The summed E-state index contributed by atoms with van der Waals surface area (Å²) in [6.07, 6.45) is 4.66. The van der Waals surface area contributed by atoms with E-state index in [9.17, 15) is 0 Å². The molecule has 0 atom stereocenters. The smallest absolute Gasteiger partial charge is 0.00578 e. The first kappa shape index (κ1) is 8.55. The summed E-state index contributed by atoms with van der Waals surface area (Å²) in [5.74, 6) is 0. The SMILES string of the molecule is CCc1ccc(C)c2c1CC(C)=C2. The summed E-state index contributed by atoms with van der Waals surface area (Å²) < 4.78 is 0. The van der Waals surface area contributed by atoms with Gasteiger partial charge in [0.2, 0.25) is 0 Å². The maximum atomic E-state index is 2.34. The molecule has 0 unspecified atom stereocenters. The third-order valence-corrected chi connectivity index (χ3v) is 2.90. The summed E-state index contributed by atoms with van der Waals surface area (Å²) in [7, 11) is 0. The van der Waals surface area contributed by atoms with Crippen molar-refractivity contribution in [2.45, 2.75) is 33.6 Å². The van der Waals surface area contributed by atoms with Gasteiger partial charge in [0.15, 0.2) is 0 Å². The predicted octanol–water partition coefficient (Wildman–Crippen LogP) is 3.52. The van der Waals surface area contributed by atoms with Gasteiger partial charge in [-0.2, -0.15) is 0 Å². The van der Waals surface area contributed by atoms with Gasteiger partial charge in [-0.1, -0.05) is 30.7 Å². The topological polar surface area (TPSA) is 0 Å². The first-order valence-corrected chi connectivity index (χ1v) is 5.01. The Labute approximate surface area is 80.3 Å². The van der Waals surface area contributed by atoms with Gasteiger partial charge < -0.3 is 0 Å². The molecule has 1 aliphatic carbocycles. The van der Waals surface area contributed by atoms with Gasteiger partial charge in [-0.15, -0.1) is 0 Å². The van der Waals surface area contributed by atoms with Crippen LogP contribution in [0, 0.1) is 6.92 Å². The maximum absolute atomic E-state index is 2.34. The summed E-state index contributed by atoms with van der Waals surface area (Å²) in [4.78, 5) is 0. The van der Waals surface area contributed by atoms with E-state index in [1.165, 1.54) is 28.7 Å². The van der Waals surface area contributed by atoms with Crippen LogP contribution in [0.15, 0.2) is 17.7 Å². The lowest BCUT2D eigenvalue weighted by Crippen LogP contribution is -1.94. The van der Waals surface area contributed by atoms with E-state index in [1.807, 2.05) is 0 Å². The van der Waals surface area contributed by atoms with E-state index in [-0.39, 0.29) is 0 Å². The molecule has 0 amide bonds. The van der Waals surface area contributed by atoms with E-state index in [0.717, 1.165) is 6.42 Å². The minimum absolute atomic E-state index is 1.16. The molecule has 1 aromatic rings. The third-order valence-electron chi connectivity index (χ3n) is 2.90. The Hall–Kier alpha value is -1.04. The molecule has 13 heavy (non-hydrogen) atoms. The standard InChI is InChI=1S/C13H16/c1-4-11-6-5-10(3)12-7-9(2)8-13(11)12/h5-7H,4,8H2,1-3H3. The molecule has 0 bridgehead atoms. The molecule has 0 heterocycles. The summed E-state index contributed by atoms with van der Waals surface area (Å²) in [6, 6.07) is 4.52. The zero-order chi connectivity index (χ0) is 9.42. The number of allylic oxidation sites excluding steroid dienone is 1. The van der Waals surface area contributed by atoms with E-state index < -0.39 is 0 Å². The van der Waals surface area contributed by atoms with E-state index in [1.54, 1.807) is 5.56 Å². The Bertz CT molecular complexity index is 370. The van der Waals surface area contributed by atoms with Gasteiger partial charge in [0, 0.05) is 0 Å². The van der Waals surface area contributed by atoms with Crippen LogP contribution in [0.5, 0.6) is 0 Å². The third kappa shape index (κ3) is 1.31. The molecule has 2 rings (SSSR count). The van der Waals surface area contributed by atoms with Crippen LogP contribution in [0.4, 0.5) is 0 Å². The average molecular weight is 172 g/mol. The normalized spacial score (nSPS) is 14.2. The van der Waals surface area contributed by atoms with E-state index in [4.69, 9.17) is 0 Å². The van der Waals surface area contributed by atoms with Crippen LogP contribution in [-0.4, -0.2) is 0 Å². The first-order valence-electron chi connectivity index (χ1n) is 5.01. The van der Waals surface area contributed by atoms with Crippen molar-refractivity contribution in [1.82, 2.24) is 0 Å². The molecule has 0 saturated carbocycles. The predicted molar refractivity (Wildman–Crippen MR) is 57.9 cm³/mol. The van der Waals surface area contributed by atoms with Crippen molar-refractivity contribution < 1.29 is 0 Å². The maximum Gasteiger partial charge on any atom is -0.00578 e. The van der Waals surface area contributed by atoms with Gasteiger partial charge in [0.05, 0.1) is 0 Å². The van der Waals surface area contributed by atoms with Gasteiger partial charge >= 0.3 is 0 Å². The van der Waals surface area contributed by atoms with Crippen molar-refractivity contribution in [1.29, 1.82) is 0 Å². The monoisotopic (exact) mass is 172 g/mol. The first-order chi connectivity index (χ1) is 6.22. The molecule has 1 aromatic carbocycles. The molecule has 0 saturated heterocycles. The highest BCUT2D eigenvalue weighted by molar-refractivity contribution is 5.67. The zero-order valence-corrected chi connectivity index (χ0v) is 8.65. The lowest BCUT2D eigenvalue weighted by molar-refractivity contribution is 1.06. The number of hydrogen-bond donors (Lipinski definition) is 0. The van der Waals surface area contributed by atoms with E-state index in [2.05, 4.69) is 39.0 Å². The number of benzene rings is 1. The molecule has 0 heteroatoms. The van der Waals surface area contributed by atoms with Gasteiger partial charge in [0.1, 0.15) is 0 Å². The highest BCUT2D eigenvalue weighted by Gasteiger charge is 2.14. The molecule has 0 spiro atoms. The van der Waals surface area contributed by atoms with Crippen LogP contribution < -0.4 is 0 Å². The summed E-state index contributed by atoms with van der Waals surface area (Å²) in [5, 5.41) is 0. The van der Waals surface area contributed by atoms with Crippen LogP contribution in [0.25, 0.3) is 6.08 Å². The number of rotatable bonds is 1. The van der Waals surface area contributed by atoms with Crippen LogP contribution in [0.3, 0.4) is 0 Å². The van der Waals surface area contributed by atoms with Crippen LogP contribution >= 0.6 is 0 Å². The molecule has 0 N–H and O–H groups in total. The molecule has 0 nitrogen and oxygen atoms in total. The number of hydrogen-bond acceptors (Lipinski definition) is 0. The van der Waals surface area contributed by atoms with Crippen molar-refractivity contribution in [3.8, 4) is 0 Å². The molecular weight excluding hydrogens is 156 g/mol. The largest absolute Gasteiger partial charge is 0.0683 e. The second-order valence-electron chi connectivity index (χ2n) is 3.95. The minimum atomic E-state index is 1.16. The lowest BCUT2D eigenvalue weighted by Gasteiger charge is -2.08. The number of aryl methyl sites for hydroxylation is 2. The Morgan fingerprint density at radius 2 is 2.00 bits per heavy atom. The second kappa shape index (κ2) is 3.02. The average Bonchev–Trinajstić information content (AvgIpc) is 2.48. The Morgan fingerprint density at radius 3 is 2.69 bits per heavy atom. The molecule has 0 fully saturated rings. The zero-order valence-electron chi connectivity index (χ0n) is 8.65. The highest BCUT2D eigenvalue weighted by atomic mass is 14.2. The molecule has 1 aliphatic rings. The van der Waals surface area contributed by atoms with Crippen LogP contribution in [-0.2, 0) is 12.8 Å². The fourth-order valence-corrected chi connectivity index (χ4v) is 2.14. The number of fused-ring (bicyclic) bond motifs is 1. The molecule has 68 valence electrons. The fraction of sp³-hybridized carbons (Fsp3) is 0.385. The van der Waals surface area contributed by atoms with Crippen molar-refractivity contribution in [3.63, 3.8) is 0 Å². The quantitative estimate of drug-likeness (QED) is 0.608.